The van der Waals surface area contributed by atoms with Gasteiger partial charge < -0.3 is 20.1 Å². The van der Waals surface area contributed by atoms with Gasteiger partial charge >= 0.3 is 0 Å². The van der Waals surface area contributed by atoms with E-state index in [9.17, 15) is 0 Å². The molecule has 0 spiro atoms. The molecular weight excluding hydrogens is 314 g/mol. The summed E-state index contributed by atoms with van der Waals surface area (Å²) in [6.45, 7) is 6.41. The molecule has 5 heteroatoms. The molecule has 5 nitrogen and oxygen atoms in total. The third kappa shape index (κ3) is 7.11. The molecule has 0 fully saturated rings. The number of methoxy groups -OCH3 is 1. The molecule has 0 saturated heterocycles. The largest absolute Gasteiger partial charge is 0.382 e. The summed E-state index contributed by atoms with van der Waals surface area (Å²) < 4.78 is 10.4. The van der Waals surface area contributed by atoms with Crippen molar-refractivity contribution in [3.8, 4) is 0 Å². The monoisotopic (exact) mass is 343 g/mol. The molecule has 0 atom stereocenters. The van der Waals surface area contributed by atoms with Crippen molar-refractivity contribution in [3.05, 3.63) is 48.0 Å². The molecule has 0 bridgehead atoms. The van der Waals surface area contributed by atoms with Crippen LogP contribution in [0.2, 0.25) is 0 Å². The van der Waals surface area contributed by atoms with E-state index in [0.29, 0.717) is 19.8 Å². The standard InChI is InChI=1S/C20H29N3O2/c1-3-21-20(22-11-6-12-25-14-13-24-2)23-16-17-9-10-18-7-4-5-8-19(18)15-17/h4-5,7-10,15H,3,6,11-14,16H2,1-2H3,(H2,21,22,23). The van der Waals surface area contributed by atoms with Crippen LogP contribution in [0.1, 0.15) is 18.9 Å². The van der Waals surface area contributed by atoms with E-state index in [-0.39, 0.29) is 0 Å². The van der Waals surface area contributed by atoms with Crippen LogP contribution in [0, 0.1) is 0 Å². The summed E-state index contributed by atoms with van der Waals surface area (Å²) in [6.07, 6.45) is 0.935. The Hall–Kier alpha value is -2.11. The number of nitrogens with one attached hydrogen (secondary N) is 2. The molecule has 136 valence electrons. The minimum atomic E-state index is 0.642. The van der Waals surface area contributed by atoms with Crippen LogP contribution < -0.4 is 10.6 Å². The Kier molecular flexibility index (Phi) is 8.80. The Morgan fingerprint density at radius 1 is 1.00 bits per heavy atom. The lowest BCUT2D eigenvalue weighted by atomic mass is 10.1. The van der Waals surface area contributed by atoms with Gasteiger partial charge in [-0.05, 0) is 35.7 Å². The van der Waals surface area contributed by atoms with Gasteiger partial charge in [-0.15, -0.1) is 0 Å². The topological polar surface area (TPSA) is 54.9 Å². The third-order valence-corrected chi connectivity index (χ3v) is 3.77. The van der Waals surface area contributed by atoms with E-state index < -0.39 is 0 Å². The predicted octanol–water partition coefficient (Wildman–Crippen LogP) is 2.95. The fraction of sp³-hybridized carbons (Fsp3) is 0.450. The summed E-state index contributed by atoms with van der Waals surface area (Å²) in [4.78, 5) is 4.67. The molecule has 0 aromatic heterocycles. The first-order valence-corrected chi connectivity index (χ1v) is 8.90. The number of guanidine groups is 1. The highest BCUT2D eigenvalue weighted by atomic mass is 16.5. The first-order chi connectivity index (χ1) is 12.3. The molecule has 25 heavy (non-hydrogen) atoms. The Balaban J connectivity index is 1.81. The van der Waals surface area contributed by atoms with Crippen molar-refractivity contribution in [2.24, 2.45) is 4.99 Å². The molecule has 2 rings (SSSR count). The average molecular weight is 343 g/mol. The summed E-state index contributed by atoms with van der Waals surface area (Å²) in [6, 6.07) is 14.9. The Morgan fingerprint density at radius 2 is 1.84 bits per heavy atom. The van der Waals surface area contributed by atoms with Crippen LogP contribution in [0.4, 0.5) is 0 Å². The van der Waals surface area contributed by atoms with E-state index in [1.807, 2.05) is 0 Å². The van der Waals surface area contributed by atoms with Crippen molar-refractivity contribution in [1.29, 1.82) is 0 Å². The highest BCUT2D eigenvalue weighted by Crippen LogP contribution is 2.16. The van der Waals surface area contributed by atoms with Gasteiger partial charge in [0.2, 0.25) is 0 Å². The first kappa shape index (κ1) is 19.2. The Morgan fingerprint density at radius 3 is 2.64 bits per heavy atom. The second-order valence-electron chi connectivity index (χ2n) is 5.76. The Bertz CT molecular complexity index is 658. The summed E-state index contributed by atoms with van der Waals surface area (Å²) in [5.74, 6) is 0.840. The maximum atomic E-state index is 5.46. The summed E-state index contributed by atoms with van der Waals surface area (Å²) in [5.41, 5.74) is 1.21. The molecule has 0 unspecified atom stereocenters. The van der Waals surface area contributed by atoms with Gasteiger partial charge in [0.1, 0.15) is 0 Å². The van der Waals surface area contributed by atoms with Crippen LogP contribution in [0.25, 0.3) is 10.8 Å². The van der Waals surface area contributed by atoms with E-state index in [1.54, 1.807) is 7.11 Å². The fourth-order valence-electron chi connectivity index (χ4n) is 2.47. The molecule has 0 aliphatic carbocycles. The molecule has 0 saturated carbocycles. The third-order valence-electron chi connectivity index (χ3n) is 3.77. The predicted molar refractivity (Wildman–Crippen MR) is 104 cm³/mol. The van der Waals surface area contributed by atoms with Crippen molar-refractivity contribution in [1.82, 2.24) is 10.6 Å². The number of rotatable bonds is 10. The van der Waals surface area contributed by atoms with Crippen molar-refractivity contribution < 1.29 is 9.47 Å². The second kappa shape index (κ2) is 11.4. The molecule has 2 aromatic rings. The lowest BCUT2D eigenvalue weighted by Gasteiger charge is -2.11. The number of hydrogen-bond donors (Lipinski definition) is 2. The minimum Gasteiger partial charge on any atom is -0.382 e. The summed E-state index contributed by atoms with van der Waals surface area (Å²) in [7, 11) is 1.68. The van der Waals surface area contributed by atoms with Crippen LogP contribution in [0.15, 0.2) is 47.5 Å². The normalized spacial score (nSPS) is 11.7. The maximum Gasteiger partial charge on any atom is 0.191 e. The number of aliphatic imine (C=N–C) groups is 1. The maximum absolute atomic E-state index is 5.46. The first-order valence-electron chi connectivity index (χ1n) is 8.90. The summed E-state index contributed by atoms with van der Waals surface area (Å²) >= 11 is 0. The van der Waals surface area contributed by atoms with Crippen LogP contribution in [-0.4, -0.2) is 46.0 Å². The second-order valence-corrected chi connectivity index (χ2v) is 5.76. The Labute approximate surface area is 150 Å². The molecule has 2 aromatic carbocycles. The van der Waals surface area contributed by atoms with Gasteiger partial charge in [-0.25, -0.2) is 4.99 Å². The zero-order valence-corrected chi connectivity index (χ0v) is 15.3. The van der Waals surface area contributed by atoms with Crippen molar-refractivity contribution >= 4 is 16.7 Å². The van der Waals surface area contributed by atoms with Gasteiger partial charge in [-0.3, -0.25) is 0 Å². The van der Waals surface area contributed by atoms with Crippen LogP contribution in [0.3, 0.4) is 0 Å². The smallest absolute Gasteiger partial charge is 0.191 e. The minimum absolute atomic E-state index is 0.642. The average Bonchev–Trinajstić information content (AvgIpc) is 2.65. The number of fused-ring (bicyclic) bond motifs is 1. The zero-order chi connectivity index (χ0) is 17.7. The molecule has 0 heterocycles. The number of nitrogens with zero attached hydrogens (tertiary/aromatic N) is 1. The van der Waals surface area contributed by atoms with Gasteiger partial charge in [0, 0.05) is 26.8 Å². The van der Waals surface area contributed by atoms with Gasteiger partial charge in [-0.2, -0.15) is 0 Å². The molecule has 0 aliphatic heterocycles. The van der Waals surface area contributed by atoms with Gasteiger partial charge in [-0.1, -0.05) is 36.4 Å². The quantitative estimate of drug-likeness (QED) is 0.396. The molecule has 2 N–H and O–H groups in total. The SMILES string of the molecule is CCNC(=NCc1ccc2ccccc2c1)NCCCOCCOC. The van der Waals surface area contributed by atoms with Crippen molar-refractivity contribution in [2.45, 2.75) is 19.9 Å². The van der Waals surface area contributed by atoms with Crippen LogP contribution >= 0.6 is 0 Å². The van der Waals surface area contributed by atoms with Gasteiger partial charge in [0.25, 0.3) is 0 Å². The molecule has 0 radical (unpaired) electrons. The highest BCUT2D eigenvalue weighted by Gasteiger charge is 1.99. The molecule has 0 amide bonds. The molecule has 0 aliphatic rings. The lowest BCUT2D eigenvalue weighted by molar-refractivity contribution is 0.0698. The summed E-state index contributed by atoms with van der Waals surface area (Å²) in [5, 5.41) is 9.14. The lowest BCUT2D eigenvalue weighted by Crippen LogP contribution is -2.38. The van der Waals surface area contributed by atoms with Crippen molar-refractivity contribution in [2.75, 3.05) is 40.0 Å². The number of benzene rings is 2. The van der Waals surface area contributed by atoms with E-state index in [1.165, 1.54) is 16.3 Å². The van der Waals surface area contributed by atoms with Crippen LogP contribution in [0.5, 0.6) is 0 Å². The van der Waals surface area contributed by atoms with E-state index in [4.69, 9.17) is 9.47 Å². The van der Waals surface area contributed by atoms with Crippen molar-refractivity contribution in [3.63, 3.8) is 0 Å². The fourth-order valence-corrected chi connectivity index (χ4v) is 2.47. The zero-order valence-electron chi connectivity index (χ0n) is 15.3. The number of hydrogen-bond acceptors (Lipinski definition) is 3. The van der Waals surface area contributed by atoms with E-state index in [0.717, 1.165) is 32.1 Å². The molecular formula is C20H29N3O2. The van der Waals surface area contributed by atoms with Gasteiger partial charge in [0.05, 0.1) is 19.8 Å². The van der Waals surface area contributed by atoms with E-state index in [2.05, 4.69) is 65.0 Å². The van der Waals surface area contributed by atoms with Crippen LogP contribution in [-0.2, 0) is 16.0 Å². The van der Waals surface area contributed by atoms with Gasteiger partial charge in [0.15, 0.2) is 5.96 Å². The number of ether oxygens (including phenoxy) is 2. The van der Waals surface area contributed by atoms with E-state index >= 15 is 0 Å². The highest BCUT2D eigenvalue weighted by molar-refractivity contribution is 5.83.